The highest BCUT2D eigenvalue weighted by molar-refractivity contribution is 5.87. The first-order chi connectivity index (χ1) is 9.75. The molecule has 1 atom stereocenters. The second-order valence-electron chi connectivity index (χ2n) is 5.47. The number of amides is 1. The Morgan fingerprint density at radius 3 is 2.45 bits per heavy atom. The number of benzene rings is 2. The maximum absolute atomic E-state index is 12.4. The zero-order chi connectivity index (χ0) is 13.9. The summed E-state index contributed by atoms with van der Waals surface area (Å²) < 4.78 is 0. The number of fused-ring (bicyclic) bond motifs is 1. The molecule has 0 radical (unpaired) electrons. The van der Waals surface area contributed by atoms with Crippen molar-refractivity contribution in [3.63, 3.8) is 0 Å². The normalized spacial score (nSPS) is 17.1. The summed E-state index contributed by atoms with van der Waals surface area (Å²) in [6.07, 6.45) is 3.40. The topological polar surface area (TPSA) is 46.3 Å². The van der Waals surface area contributed by atoms with Gasteiger partial charge in [-0.3, -0.25) is 4.79 Å². The number of hydrogen-bond acceptors (Lipinski definition) is 2. The molecule has 2 aromatic rings. The summed E-state index contributed by atoms with van der Waals surface area (Å²) in [7, 11) is 0. The first-order valence-electron chi connectivity index (χ1n) is 7.29. The van der Waals surface area contributed by atoms with Crippen molar-refractivity contribution in [3.8, 4) is 0 Å². The smallest absolute Gasteiger partial charge is 0.244 e. The fourth-order valence-corrected chi connectivity index (χ4v) is 2.85. The van der Waals surface area contributed by atoms with Gasteiger partial charge in [0.1, 0.15) is 6.04 Å². The Morgan fingerprint density at radius 1 is 1.00 bits per heavy atom. The molecule has 1 aliphatic heterocycles. The van der Waals surface area contributed by atoms with E-state index in [1.54, 1.807) is 0 Å². The molecule has 0 unspecified atom stereocenters. The summed E-state index contributed by atoms with van der Waals surface area (Å²) in [5.41, 5.74) is 7.07. The number of piperidine rings is 1. The van der Waals surface area contributed by atoms with E-state index in [-0.39, 0.29) is 5.91 Å². The van der Waals surface area contributed by atoms with Gasteiger partial charge in [-0.2, -0.15) is 0 Å². The Labute approximate surface area is 119 Å². The lowest BCUT2D eigenvalue weighted by atomic mass is 10.0. The summed E-state index contributed by atoms with van der Waals surface area (Å²) in [5, 5.41) is 2.31. The number of hydrogen-bond donors (Lipinski definition) is 1. The lowest BCUT2D eigenvalue weighted by Crippen LogP contribution is -2.41. The van der Waals surface area contributed by atoms with Gasteiger partial charge in [-0.05, 0) is 41.7 Å². The average Bonchev–Trinajstić information content (AvgIpc) is 2.54. The number of carbonyl (C=O) groups is 1. The van der Waals surface area contributed by atoms with Crippen LogP contribution in [0, 0.1) is 0 Å². The summed E-state index contributed by atoms with van der Waals surface area (Å²) >= 11 is 0. The van der Waals surface area contributed by atoms with Gasteiger partial charge >= 0.3 is 0 Å². The standard InChI is InChI=1S/C17H20N2O/c18-16(17(20)19-10-4-1-5-11-19)15-9-8-13-6-2-3-7-14(13)12-15/h2-3,6-9,12,16H,1,4-5,10-11,18H2/t16-/m1/s1. The molecule has 0 aromatic heterocycles. The third-order valence-corrected chi connectivity index (χ3v) is 4.07. The largest absolute Gasteiger partial charge is 0.341 e. The van der Waals surface area contributed by atoms with Crippen LogP contribution in [-0.2, 0) is 4.79 Å². The van der Waals surface area contributed by atoms with Crippen LogP contribution in [0.1, 0.15) is 30.9 Å². The summed E-state index contributed by atoms with van der Waals surface area (Å²) in [6, 6.07) is 13.6. The second kappa shape index (κ2) is 5.63. The second-order valence-corrected chi connectivity index (χ2v) is 5.47. The molecule has 2 N–H and O–H groups in total. The molecule has 3 nitrogen and oxygen atoms in total. The molecule has 3 heteroatoms. The van der Waals surface area contributed by atoms with Gasteiger partial charge in [-0.1, -0.05) is 36.4 Å². The molecule has 20 heavy (non-hydrogen) atoms. The van der Waals surface area contributed by atoms with Crippen molar-refractivity contribution < 1.29 is 4.79 Å². The van der Waals surface area contributed by atoms with Gasteiger partial charge in [0.15, 0.2) is 0 Å². The highest BCUT2D eigenvalue weighted by Gasteiger charge is 2.23. The Hall–Kier alpha value is -1.87. The summed E-state index contributed by atoms with van der Waals surface area (Å²) in [5.74, 6) is 0.0555. The van der Waals surface area contributed by atoms with Gasteiger partial charge in [0.2, 0.25) is 5.91 Å². The lowest BCUT2D eigenvalue weighted by molar-refractivity contribution is -0.133. The van der Waals surface area contributed by atoms with Crippen molar-refractivity contribution in [1.82, 2.24) is 4.90 Å². The highest BCUT2D eigenvalue weighted by atomic mass is 16.2. The molecule has 1 saturated heterocycles. The molecule has 0 saturated carbocycles. The van der Waals surface area contributed by atoms with Crippen LogP contribution < -0.4 is 5.73 Å². The predicted molar refractivity (Wildman–Crippen MR) is 81.3 cm³/mol. The lowest BCUT2D eigenvalue weighted by Gasteiger charge is -2.29. The van der Waals surface area contributed by atoms with Gasteiger partial charge in [-0.25, -0.2) is 0 Å². The van der Waals surface area contributed by atoms with Gasteiger partial charge < -0.3 is 10.6 Å². The zero-order valence-corrected chi connectivity index (χ0v) is 11.6. The molecule has 3 rings (SSSR count). The predicted octanol–water partition coefficient (Wildman–Crippen LogP) is 2.85. The molecular formula is C17H20N2O. The van der Waals surface area contributed by atoms with Crippen LogP contribution in [0.5, 0.6) is 0 Å². The summed E-state index contributed by atoms with van der Waals surface area (Å²) in [6.45, 7) is 1.69. The molecule has 1 fully saturated rings. The Balaban J connectivity index is 1.83. The number of carbonyl (C=O) groups excluding carboxylic acids is 1. The van der Waals surface area contributed by atoms with Crippen molar-refractivity contribution >= 4 is 16.7 Å². The van der Waals surface area contributed by atoms with Crippen LogP contribution >= 0.6 is 0 Å². The average molecular weight is 268 g/mol. The van der Waals surface area contributed by atoms with Crippen LogP contribution in [0.2, 0.25) is 0 Å². The Kier molecular flexibility index (Phi) is 3.70. The van der Waals surface area contributed by atoms with E-state index in [9.17, 15) is 4.79 Å². The SMILES string of the molecule is N[C@@H](C(=O)N1CCCCC1)c1ccc2ccccc2c1. The number of nitrogens with zero attached hydrogens (tertiary/aromatic N) is 1. The van der Waals surface area contributed by atoms with Crippen molar-refractivity contribution in [2.45, 2.75) is 25.3 Å². The van der Waals surface area contributed by atoms with Gasteiger partial charge in [0.05, 0.1) is 0 Å². The maximum Gasteiger partial charge on any atom is 0.244 e. The number of likely N-dealkylation sites (tertiary alicyclic amines) is 1. The van der Waals surface area contributed by atoms with Crippen LogP contribution in [-0.4, -0.2) is 23.9 Å². The van der Waals surface area contributed by atoms with E-state index < -0.39 is 6.04 Å². The van der Waals surface area contributed by atoms with E-state index in [1.807, 2.05) is 35.2 Å². The van der Waals surface area contributed by atoms with E-state index in [2.05, 4.69) is 12.1 Å². The van der Waals surface area contributed by atoms with Gasteiger partial charge in [-0.15, -0.1) is 0 Å². The monoisotopic (exact) mass is 268 g/mol. The Bertz CT molecular complexity index is 617. The van der Waals surface area contributed by atoms with Crippen LogP contribution in [0.15, 0.2) is 42.5 Å². The minimum Gasteiger partial charge on any atom is -0.341 e. The molecule has 1 aliphatic rings. The van der Waals surface area contributed by atoms with Gasteiger partial charge in [0, 0.05) is 13.1 Å². The molecule has 1 amide bonds. The third kappa shape index (κ3) is 2.54. The van der Waals surface area contributed by atoms with Gasteiger partial charge in [0.25, 0.3) is 0 Å². The van der Waals surface area contributed by atoms with E-state index in [0.29, 0.717) is 0 Å². The van der Waals surface area contributed by atoms with Crippen molar-refractivity contribution in [2.24, 2.45) is 5.73 Å². The summed E-state index contributed by atoms with van der Waals surface area (Å²) in [4.78, 5) is 14.3. The van der Waals surface area contributed by atoms with E-state index in [4.69, 9.17) is 5.73 Å². The van der Waals surface area contributed by atoms with Crippen LogP contribution in [0.25, 0.3) is 10.8 Å². The first-order valence-corrected chi connectivity index (χ1v) is 7.29. The molecule has 1 heterocycles. The fourth-order valence-electron chi connectivity index (χ4n) is 2.85. The maximum atomic E-state index is 12.4. The molecule has 0 bridgehead atoms. The number of rotatable bonds is 2. The van der Waals surface area contributed by atoms with Crippen molar-refractivity contribution in [2.75, 3.05) is 13.1 Å². The minimum absolute atomic E-state index is 0.0555. The number of nitrogens with two attached hydrogens (primary N) is 1. The highest BCUT2D eigenvalue weighted by Crippen LogP contribution is 2.21. The Morgan fingerprint density at radius 2 is 1.70 bits per heavy atom. The van der Waals surface area contributed by atoms with E-state index >= 15 is 0 Å². The third-order valence-electron chi connectivity index (χ3n) is 4.07. The van der Waals surface area contributed by atoms with Crippen LogP contribution in [0.4, 0.5) is 0 Å². The molecule has 0 aliphatic carbocycles. The molecule has 104 valence electrons. The first kappa shape index (κ1) is 13.1. The molecule has 2 aromatic carbocycles. The quantitative estimate of drug-likeness (QED) is 0.910. The van der Waals surface area contributed by atoms with E-state index in [0.717, 1.165) is 36.9 Å². The van der Waals surface area contributed by atoms with E-state index in [1.165, 1.54) is 11.8 Å². The molecule has 0 spiro atoms. The molecular weight excluding hydrogens is 248 g/mol. The minimum atomic E-state index is -0.544. The zero-order valence-electron chi connectivity index (χ0n) is 11.6. The van der Waals surface area contributed by atoms with Crippen molar-refractivity contribution in [1.29, 1.82) is 0 Å². The fraction of sp³-hybridized carbons (Fsp3) is 0.353. The van der Waals surface area contributed by atoms with Crippen molar-refractivity contribution in [3.05, 3.63) is 48.0 Å². The van der Waals surface area contributed by atoms with Crippen LogP contribution in [0.3, 0.4) is 0 Å².